The van der Waals surface area contributed by atoms with E-state index in [2.05, 4.69) is 26.1 Å². The third-order valence-corrected chi connectivity index (χ3v) is 7.71. The molecule has 196 valence electrons. The lowest BCUT2D eigenvalue weighted by atomic mass is 9.92. The summed E-state index contributed by atoms with van der Waals surface area (Å²) in [4.78, 5) is 32.5. The molecule has 37 heavy (non-hydrogen) atoms. The molecule has 1 atom stereocenters. The first kappa shape index (κ1) is 27.5. The number of nitrogens with zero attached hydrogens (tertiary/aromatic N) is 2. The van der Waals surface area contributed by atoms with Crippen molar-refractivity contribution in [3.8, 4) is 0 Å². The van der Waals surface area contributed by atoms with Crippen LogP contribution in [0.3, 0.4) is 0 Å². The number of pyridine rings is 1. The number of halogens is 4. The molecular formula is C28H29BrClF2N3O2. The number of hydrogen-bond acceptors (Lipinski definition) is 4. The number of anilines is 1. The van der Waals surface area contributed by atoms with E-state index in [1.165, 1.54) is 19.4 Å². The van der Waals surface area contributed by atoms with Crippen molar-refractivity contribution in [3.05, 3.63) is 68.2 Å². The van der Waals surface area contributed by atoms with E-state index in [9.17, 15) is 18.4 Å². The van der Waals surface area contributed by atoms with Gasteiger partial charge in [-0.25, -0.2) is 13.8 Å². The monoisotopic (exact) mass is 591 g/mol. The highest BCUT2D eigenvalue weighted by Gasteiger charge is 2.26. The summed E-state index contributed by atoms with van der Waals surface area (Å²) in [5.74, 6) is -2.41. The van der Waals surface area contributed by atoms with E-state index in [0.717, 1.165) is 47.9 Å². The predicted molar refractivity (Wildman–Crippen MR) is 147 cm³/mol. The van der Waals surface area contributed by atoms with Gasteiger partial charge in [0.05, 0.1) is 11.1 Å². The number of hydrogen-bond donors (Lipinski definition) is 1. The Bertz CT molecular complexity index is 1340. The van der Waals surface area contributed by atoms with E-state index in [4.69, 9.17) is 16.6 Å². The second kappa shape index (κ2) is 11.9. The van der Waals surface area contributed by atoms with E-state index in [1.807, 2.05) is 25.1 Å². The Kier molecular flexibility index (Phi) is 8.80. The van der Waals surface area contributed by atoms with Gasteiger partial charge < -0.3 is 15.0 Å². The summed E-state index contributed by atoms with van der Waals surface area (Å²) in [5, 5.41) is 3.67. The van der Waals surface area contributed by atoms with Gasteiger partial charge in [0.2, 0.25) is 0 Å². The normalized spacial score (nSPS) is 14.6. The molecule has 1 amide bonds. The molecule has 1 fully saturated rings. The first-order valence-electron chi connectivity index (χ1n) is 12.4. The van der Waals surface area contributed by atoms with E-state index >= 15 is 0 Å². The highest BCUT2D eigenvalue weighted by molar-refractivity contribution is 9.10. The standard InChI is InChI=1S/C28H29BrClF2N3O2/c1-16(36)6-7-18(25-21(30)9-10-22(31)26(25)32)15-33-28(37)24-17(2)27(35-12-4-3-5-13-35)34-23-11-8-19(29)14-20(23)24/h8-11,14,18H,3-7,12-13,15H2,1-2H3,(H,33,37). The second-order valence-electron chi connectivity index (χ2n) is 9.55. The Balaban J connectivity index is 1.70. The summed E-state index contributed by atoms with van der Waals surface area (Å²) in [6.07, 6.45) is 3.67. The number of aromatic nitrogens is 1. The van der Waals surface area contributed by atoms with Crippen molar-refractivity contribution in [2.45, 2.75) is 51.9 Å². The number of amides is 1. The summed E-state index contributed by atoms with van der Waals surface area (Å²) in [6, 6.07) is 7.88. The maximum atomic E-state index is 14.8. The quantitative estimate of drug-likeness (QED) is 0.283. The number of rotatable bonds is 8. The summed E-state index contributed by atoms with van der Waals surface area (Å²) in [6.45, 7) is 5.07. The van der Waals surface area contributed by atoms with Gasteiger partial charge in [0.1, 0.15) is 11.6 Å². The minimum atomic E-state index is -1.06. The highest BCUT2D eigenvalue weighted by Crippen LogP contribution is 2.34. The van der Waals surface area contributed by atoms with Crippen LogP contribution in [0.5, 0.6) is 0 Å². The van der Waals surface area contributed by atoms with Crippen molar-refractivity contribution in [2.24, 2.45) is 0 Å². The Morgan fingerprint density at radius 3 is 2.59 bits per heavy atom. The number of Topliss-reactive ketones (excluding diaryl/α,β-unsaturated/α-hetero) is 1. The topological polar surface area (TPSA) is 62.3 Å². The molecule has 9 heteroatoms. The van der Waals surface area contributed by atoms with Gasteiger partial charge in [-0.1, -0.05) is 27.5 Å². The molecule has 0 spiro atoms. The Labute approximate surface area is 228 Å². The Morgan fingerprint density at radius 1 is 1.16 bits per heavy atom. The molecule has 1 aliphatic heterocycles. The van der Waals surface area contributed by atoms with Crippen molar-refractivity contribution < 1.29 is 18.4 Å². The fourth-order valence-electron chi connectivity index (χ4n) is 4.97. The van der Waals surface area contributed by atoms with Gasteiger partial charge in [-0.15, -0.1) is 0 Å². The smallest absolute Gasteiger partial charge is 0.252 e. The number of carbonyl (C=O) groups is 2. The van der Waals surface area contributed by atoms with Crippen LogP contribution < -0.4 is 10.2 Å². The van der Waals surface area contributed by atoms with Crippen LogP contribution in [0.4, 0.5) is 14.6 Å². The van der Waals surface area contributed by atoms with Gasteiger partial charge >= 0.3 is 0 Å². The minimum absolute atomic E-state index is 0.0114. The maximum Gasteiger partial charge on any atom is 0.252 e. The van der Waals surface area contributed by atoms with E-state index in [-0.39, 0.29) is 41.7 Å². The molecule has 0 saturated carbocycles. The fraction of sp³-hybridized carbons (Fsp3) is 0.393. The van der Waals surface area contributed by atoms with Crippen LogP contribution in [0.15, 0.2) is 34.8 Å². The zero-order chi connectivity index (χ0) is 26.7. The molecule has 3 aromatic rings. The van der Waals surface area contributed by atoms with Gasteiger partial charge in [-0.3, -0.25) is 4.79 Å². The second-order valence-corrected chi connectivity index (χ2v) is 10.9. The summed E-state index contributed by atoms with van der Waals surface area (Å²) in [5.41, 5.74) is 1.92. The largest absolute Gasteiger partial charge is 0.356 e. The number of ketones is 1. The molecule has 1 unspecified atom stereocenters. The summed E-state index contributed by atoms with van der Waals surface area (Å²) < 4.78 is 29.7. The van der Waals surface area contributed by atoms with E-state index < -0.39 is 17.6 Å². The van der Waals surface area contributed by atoms with Crippen LogP contribution in [0, 0.1) is 18.6 Å². The molecule has 4 rings (SSSR count). The minimum Gasteiger partial charge on any atom is -0.356 e. The van der Waals surface area contributed by atoms with Crippen molar-refractivity contribution in [3.63, 3.8) is 0 Å². The van der Waals surface area contributed by atoms with Crippen LogP contribution >= 0.6 is 27.5 Å². The number of carbonyl (C=O) groups excluding carboxylic acids is 2. The van der Waals surface area contributed by atoms with Crippen LogP contribution in [0.1, 0.15) is 66.4 Å². The molecule has 5 nitrogen and oxygen atoms in total. The first-order chi connectivity index (χ1) is 17.7. The average Bonchev–Trinajstić information content (AvgIpc) is 2.87. The number of fused-ring (bicyclic) bond motifs is 1. The SMILES string of the molecule is CC(=O)CCC(CNC(=O)c1c(C)c(N2CCCCC2)nc2ccc(Br)cc12)c1c(Cl)ccc(F)c1F. The lowest BCUT2D eigenvalue weighted by Gasteiger charge is -2.30. The maximum absolute atomic E-state index is 14.8. The summed E-state index contributed by atoms with van der Waals surface area (Å²) >= 11 is 9.74. The van der Waals surface area contributed by atoms with Gasteiger partial charge in [0.15, 0.2) is 11.6 Å². The summed E-state index contributed by atoms with van der Waals surface area (Å²) in [7, 11) is 0. The third kappa shape index (κ3) is 6.12. The molecule has 0 radical (unpaired) electrons. The molecule has 2 heterocycles. The zero-order valence-electron chi connectivity index (χ0n) is 20.8. The van der Waals surface area contributed by atoms with Crippen molar-refractivity contribution >= 4 is 55.9 Å². The van der Waals surface area contributed by atoms with Gasteiger partial charge in [0, 0.05) is 58.0 Å². The number of piperidine rings is 1. The van der Waals surface area contributed by atoms with Crippen LogP contribution in [-0.4, -0.2) is 36.3 Å². The van der Waals surface area contributed by atoms with Crippen molar-refractivity contribution in [1.29, 1.82) is 0 Å². The molecule has 2 aromatic carbocycles. The van der Waals surface area contributed by atoms with Crippen LogP contribution in [0.25, 0.3) is 10.9 Å². The van der Waals surface area contributed by atoms with Gasteiger partial charge in [0.25, 0.3) is 5.91 Å². The highest BCUT2D eigenvalue weighted by atomic mass is 79.9. The van der Waals surface area contributed by atoms with Crippen LogP contribution in [0.2, 0.25) is 5.02 Å². The van der Waals surface area contributed by atoms with Gasteiger partial charge in [-0.2, -0.15) is 0 Å². The Hall–Kier alpha value is -2.58. The average molecular weight is 593 g/mol. The first-order valence-corrected chi connectivity index (χ1v) is 13.6. The predicted octanol–water partition coefficient (Wildman–Crippen LogP) is 7.11. The molecule has 0 aliphatic carbocycles. The van der Waals surface area contributed by atoms with Crippen molar-refractivity contribution in [1.82, 2.24) is 10.3 Å². The lowest BCUT2D eigenvalue weighted by Crippen LogP contribution is -2.33. The van der Waals surface area contributed by atoms with Crippen LogP contribution in [-0.2, 0) is 4.79 Å². The van der Waals surface area contributed by atoms with Crippen molar-refractivity contribution in [2.75, 3.05) is 24.5 Å². The van der Waals surface area contributed by atoms with E-state index in [1.54, 1.807) is 0 Å². The molecule has 1 aromatic heterocycles. The molecule has 1 N–H and O–H groups in total. The molecule has 0 bridgehead atoms. The Morgan fingerprint density at radius 2 is 1.89 bits per heavy atom. The number of benzene rings is 2. The van der Waals surface area contributed by atoms with Gasteiger partial charge in [-0.05, 0) is 69.9 Å². The van der Waals surface area contributed by atoms with E-state index in [0.29, 0.717) is 16.5 Å². The number of nitrogens with one attached hydrogen (secondary N) is 1. The zero-order valence-corrected chi connectivity index (χ0v) is 23.2. The fourth-order valence-corrected chi connectivity index (χ4v) is 5.63. The molecule has 1 saturated heterocycles. The lowest BCUT2D eigenvalue weighted by molar-refractivity contribution is -0.117. The molecular weight excluding hydrogens is 564 g/mol. The third-order valence-electron chi connectivity index (χ3n) is 6.89. The molecule has 1 aliphatic rings.